The van der Waals surface area contributed by atoms with Crippen LogP contribution in [-0.4, -0.2) is 44.8 Å². The van der Waals surface area contributed by atoms with Gasteiger partial charge in [-0.05, 0) is 33.8 Å². The van der Waals surface area contributed by atoms with Gasteiger partial charge in [0, 0.05) is 17.3 Å². The SMILES string of the molecule is CCOC(=O)C(C(=O)OCC)c1c(C)nn(-c2ccc([N+](=O)[O-])cc2[N+](=O)[O-])c1C. The fraction of sp³-hybridized carbons (Fsp3) is 0.389. The molecule has 0 bridgehead atoms. The van der Waals surface area contributed by atoms with Gasteiger partial charge < -0.3 is 9.47 Å². The molecular formula is C18H20N4O8. The van der Waals surface area contributed by atoms with Crippen LogP contribution in [0.3, 0.4) is 0 Å². The number of hydrogen-bond acceptors (Lipinski definition) is 9. The van der Waals surface area contributed by atoms with Crippen LogP contribution >= 0.6 is 0 Å². The number of esters is 2. The smallest absolute Gasteiger partial charge is 0.325 e. The lowest BCUT2D eigenvalue weighted by molar-refractivity contribution is -0.394. The van der Waals surface area contributed by atoms with Crippen LogP contribution in [0.25, 0.3) is 5.69 Å². The first-order chi connectivity index (χ1) is 14.1. The summed E-state index contributed by atoms with van der Waals surface area (Å²) in [6, 6.07) is 3.11. The van der Waals surface area contributed by atoms with Crippen molar-refractivity contribution in [3.8, 4) is 5.69 Å². The fourth-order valence-electron chi connectivity index (χ4n) is 3.04. The maximum Gasteiger partial charge on any atom is 0.325 e. The van der Waals surface area contributed by atoms with Crippen molar-refractivity contribution in [1.82, 2.24) is 9.78 Å². The summed E-state index contributed by atoms with van der Waals surface area (Å²) in [6.45, 7) is 6.30. The summed E-state index contributed by atoms with van der Waals surface area (Å²) in [5.41, 5.74) is -0.349. The molecule has 2 aromatic rings. The Morgan fingerprint density at radius 3 is 2.10 bits per heavy atom. The van der Waals surface area contributed by atoms with Crippen molar-refractivity contribution in [3.63, 3.8) is 0 Å². The zero-order valence-corrected chi connectivity index (χ0v) is 16.8. The standard InChI is InChI=1S/C18H20N4O8/c1-5-29-17(23)16(18(24)30-6-2)15-10(3)19-20(11(15)4)13-8-7-12(21(25)26)9-14(13)22(27)28/h7-9,16H,5-6H2,1-4H3. The Balaban J connectivity index is 2.69. The molecule has 160 valence electrons. The van der Waals surface area contributed by atoms with Crippen molar-refractivity contribution in [3.05, 3.63) is 55.4 Å². The van der Waals surface area contributed by atoms with Gasteiger partial charge in [-0.1, -0.05) is 0 Å². The first-order valence-electron chi connectivity index (χ1n) is 8.96. The molecule has 0 saturated carbocycles. The van der Waals surface area contributed by atoms with Gasteiger partial charge in [-0.25, -0.2) is 4.68 Å². The zero-order valence-electron chi connectivity index (χ0n) is 16.8. The lowest BCUT2D eigenvalue weighted by Crippen LogP contribution is -2.27. The molecule has 0 aliphatic rings. The highest BCUT2D eigenvalue weighted by atomic mass is 16.6. The number of aryl methyl sites for hydroxylation is 1. The predicted octanol–water partition coefficient (Wildman–Crippen LogP) is 2.52. The molecule has 0 fully saturated rings. The van der Waals surface area contributed by atoms with Gasteiger partial charge in [-0.3, -0.25) is 29.8 Å². The highest BCUT2D eigenvalue weighted by molar-refractivity contribution is 6.01. The largest absolute Gasteiger partial charge is 0.465 e. The molecule has 0 spiro atoms. The third kappa shape index (κ3) is 4.26. The number of rotatable bonds is 8. The van der Waals surface area contributed by atoms with Crippen LogP contribution in [0.1, 0.15) is 36.7 Å². The summed E-state index contributed by atoms with van der Waals surface area (Å²) >= 11 is 0. The minimum absolute atomic E-state index is 0.0365. The first-order valence-corrected chi connectivity index (χ1v) is 8.96. The molecule has 0 unspecified atom stereocenters. The second-order valence-electron chi connectivity index (χ2n) is 6.12. The quantitative estimate of drug-likeness (QED) is 0.271. The number of non-ortho nitro benzene ring substituents is 1. The Morgan fingerprint density at radius 1 is 1.07 bits per heavy atom. The number of benzene rings is 1. The van der Waals surface area contributed by atoms with Crippen LogP contribution < -0.4 is 0 Å². The Bertz CT molecular complexity index is 996. The van der Waals surface area contributed by atoms with Crippen molar-refractivity contribution >= 4 is 23.3 Å². The lowest BCUT2D eigenvalue weighted by atomic mass is 9.97. The fourth-order valence-corrected chi connectivity index (χ4v) is 3.04. The number of nitro groups is 2. The number of ether oxygens (including phenoxy) is 2. The molecule has 0 aliphatic heterocycles. The number of carbonyl (C=O) groups excluding carboxylic acids is 2. The normalized spacial score (nSPS) is 10.7. The number of carbonyl (C=O) groups is 2. The van der Waals surface area contributed by atoms with Crippen molar-refractivity contribution in [2.45, 2.75) is 33.6 Å². The van der Waals surface area contributed by atoms with E-state index in [1.165, 1.54) is 19.9 Å². The lowest BCUT2D eigenvalue weighted by Gasteiger charge is -2.15. The molecule has 12 heteroatoms. The average molecular weight is 420 g/mol. The third-order valence-corrected chi connectivity index (χ3v) is 4.28. The molecule has 0 N–H and O–H groups in total. The van der Waals surface area contributed by atoms with E-state index in [0.29, 0.717) is 0 Å². The average Bonchev–Trinajstić information content (AvgIpc) is 2.96. The summed E-state index contributed by atoms with van der Waals surface area (Å²) in [5, 5.41) is 26.7. The van der Waals surface area contributed by atoms with Crippen LogP contribution in [0, 0.1) is 34.1 Å². The second kappa shape index (κ2) is 9.11. The van der Waals surface area contributed by atoms with E-state index in [1.807, 2.05) is 0 Å². The molecule has 1 aromatic carbocycles. The van der Waals surface area contributed by atoms with Crippen LogP contribution in [0.2, 0.25) is 0 Å². The van der Waals surface area contributed by atoms with E-state index >= 15 is 0 Å². The Kier molecular flexibility index (Phi) is 6.82. The minimum Gasteiger partial charge on any atom is -0.465 e. The third-order valence-electron chi connectivity index (χ3n) is 4.28. The molecule has 2 rings (SSSR count). The van der Waals surface area contributed by atoms with Gasteiger partial charge in [0.05, 0.1) is 34.8 Å². The summed E-state index contributed by atoms with van der Waals surface area (Å²) < 4.78 is 11.2. The minimum atomic E-state index is -1.42. The van der Waals surface area contributed by atoms with Gasteiger partial charge in [0.2, 0.25) is 0 Å². The van der Waals surface area contributed by atoms with Crippen molar-refractivity contribution < 1.29 is 28.9 Å². The molecule has 0 saturated heterocycles. The topological polar surface area (TPSA) is 157 Å². The maximum atomic E-state index is 12.5. The van der Waals surface area contributed by atoms with Gasteiger partial charge in [0.1, 0.15) is 5.69 Å². The highest BCUT2D eigenvalue weighted by Gasteiger charge is 2.37. The van der Waals surface area contributed by atoms with Crippen LogP contribution in [0.5, 0.6) is 0 Å². The van der Waals surface area contributed by atoms with Crippen LogP contribution in [-0.2, 0) is 19.1 Å². The number of nitro benzene ring substituents is 2. The molecule has 0 aliphatic carbocycles. The molecule has 1 heterocycles. The zero-order chi connectivity index (χ0) is 22.6. The molecule has 1 aromatic heterocycles. The number of hydrogen-bond donors (Lipinski definition) is 0. The van der Waals surface area contributed by atoms with E-state index < -0.39 is 39.1 Å². The van der Waals surface area contributed by atoms with E-state index in [-0.39, 0.29) is 35.9 Å². The molecule has 0 atom stereocenters. The Labute approximate surface area is 170 Å². The number of nitrogens with zero attached hydrogens (tertiary/aromatic N) is 4. The Hall–Kier alpha value is -3.83. The van der Waals surface area contributed by atoms with Crippen molar-refractivity contribution in [1.29, 1.82) is 0 Å². The van der Waals surface area contributed by atoms with Gasteiger partial charge in [0.15, 0.2) is 5.92 Å². The molecule has 0 amide bonds. The summed E-state index contributed by atoms with van der Waals surface area (Å²) in [4.78, 5) is 45.9. The van der Waals surface area contributed by atoms with Crippen LogP contribution in [0.4, 0.5) is 11.4 Å². The monoisotopic (exact) mass is 420 g/mol. The van der Waals surface area contributed by atoms with E-state index in [0.717, 1.165) is 16.8 Å². The van der Waals surface area contributed by atoms with Crippen LogP contribution in [0.15, 0.2) is 18.2 Å². The van der Waals surface area contributed by atoms with Crippen molar-refractivity contribution in [2.24, 2.45) is 0 Å². The van der Waals surface area contributed by atoms with E-state index in [9.17, 15) is 29.8 Å². The maximum absolute atomic E-state index is 12.5. The van der Waals surface area contributed by atoms with Gasteiger partial charge in [0.25, 0.3) is 5.69 Å². The second-order valence-corrected chi connectivity index (χ2v) is 6.12. The summed E-state index contributed by atoms with van der Waals surface area (Å²) in [7, 11) is 0. The Morgan fingerprint density at radius 2 is 1.63 bits per heavy atom. The van der Waals surface area contributed by atoms with Gasteiger partial charge >= 0.3 is 17.6 Å². The van der Waals surface area contributed by atoms with E-state index in [4.69, 9.17) is 9.47 Å². The molecular weight excluding hydrogens is 400 g/mol. The van der Waals surface area contributed by atoms with Gasteiger partial charge in [-0.2, -0.15) is 5.10 Å². The molecule has 30 heavy (non-hydrogen) atoms. The summed E-state index contributed by atoms with van der Waals surface area (Å²) in [5.74, 6) is -3.09. The predicted molar refractivity (Wildman–Crippen MR) is 102 cm³/mol. The highest BCUT2D eigenvalue weighted by Crippen LogP contribution is 2.32. The summed E-state index contributed by atoms with van der Waals surface area (Å²) in [6.07, 6.45) is 0. The molecule has 12 nitrogen and oxygen atoms in total. The van der Waals surface area contributed by atoms with E-state index in [1.54, 1.807) is 13.8 Å². The molecule has 0 radical (unpaired) electrons. The van der Waals surface area contributed by atoms with Crippen molar-refractivity contribution in [2.75, 3.05) is 13.2 Å². The van der Waals surface area contributed by atoms with E-state index in [2.05, 4.69) is 5.10 Å². The van der Waals surface area contributed by atoms with Gasteiger partial charge in [-0.15, -0.1) is 0 Å². The first kappa shape index (κ1) is 22.5. The number of aromatic nitrogens is 2.